The molecule has 1 aliphatic rings. The number of carboxylic acids is 1. The lowest BCUT2D eigenvalue weighted by molar-refractivity contribution is -0.137. The molecule has 1 aliphatic heterocycles. The van der Waals surface area contributed by atoms with Crippen LogP contribution < -0.4 is 0 Å². The molecule has 1 saturated heterocycles. The maximum atomic E-state index is 11.0. The van der Waals surface area contributed by atoms with Crippen LogP contribution in [0.1, 0.15) is 30.0 Å². The number of likely N-dealkylation sites (tertiary alicyclic amines) is 1. The molecule has 1 fully saturated rings. The Morgan fingerprint density at radius 3 is 2.74 bits per heavy atom. The van der Waals surface area contributed by atoms with Gasteiger partial charge in [-0.05, 0) is 49.2 Å². The molecule has 0 spiro atoms. The van der Waals surface area contributed by atoms with Crippen LogP contribution in [0.3, 0.4) is 0 Å². The number of carbonyl (C=O) groups is 1. The maximum Gasteiger partial charge on any atom is 0.325 e. The van der Waals surface area contributed by atoms with E-state index in [-0.39, 0.29) is 6.54 Å². The van der Waals surface area contributed by atoms with E-state index in [0.717, 1.165) is 43.9 Å². The van der Waals surface area contributed by atoms with Gasteiger partial charge in [0.05, 0.1) is 5.69 Å². The van der Waals surface area contributed by atoms with Crippen LogP contribution in [0.5, 0.6) is 0 Å². The highest BCUT2D eigenvalue weighted by Crippen LogP contribution is 2.27. The van der Waals surface area contributed by atoms with Crippen LogP contribution >= 0.6 is 0 Å². The van der Waals surface area contributed by atoms with Gasteiger partial charge >= 0.3 is 5.97 Å². The van der Waals surface area contributed by atoms with Crippen molar-refractivity contribution in [1.82, 2.24) is 24.5 Å². The molecule has 2 aromatic heterocycles. The lowest BCUT2D eigenvalue weighted by Crippen LogP contribution is -2.35. The van der Waals surface area contributed by atoms with Crippen molar-refractivity contribution in [3.8, 4) is 5.69 Å². The molecule has 140 valence electrons. The second-order valence-corrected chi connectivity index (χ2v) is 7.00. The molecule has 0 radical (unpaired) electrons. The first-order valence-electron chi connectivity index (χ1n) is 9.24. The van der Waals surface area contributed by atoms with Crippen molar-refractivity contribution in [2.75, 3.05) is 13.1 Å². The van der Waals surface area contributed by atoms with Gasteiger partial charge in [-0.15, -0.1) is 0 Å². The summed E-state index contributed by atoms with van der Waals surface area (Å²) >= 11 is 0. The van der Waals surface area contributed by atoms with Gasteiger partial charge in [-0.3, -0.25) is 14.4 Å². The third-order valence-electron chi connectivity index (χ3n) is 5.07. The molecule has 7 heteroatoms. The zero-order chi connectivity index (χ0) is 18.6. The fraction of sp³-hybridized carbons (Fsp3) is 0.350. The van der Waals surface area contributed by atoms with E-state index < -0.39 is 5.97 Å². The minimum absolute atomic E-state index is 0.0757. The van der Waals surface area contributed by atoms with E-state index in [1.165, 1.54) is 5.56 Å². The molecule has 27 heavy (non-hydrogen) atoms. The van der Waals surface area contributed by atoms with Crippen LogP contribution in [0.25, 0.3) is 5.69 Å². The SMILES string of the molecule is O=C(O)Cn1nccc1[C@@H]1CCCN(Cc2ccc(-n3cccn3)cc2)C1. The van der Waals surface area contributed by atoms with Crippen molar-refractivity contribution in [3.63, 3.8) is 0 Å². The van der Waals surface area contributed by atoms with Crippen molar-refractivity contribution in [3.05, 3.63) is 66.2 Å². The Morgan fingerprint density at radius 2 is 2.00 bits per heavy atom. The van der Waals surface area contributed by atoms with Gasteiger partial charge in [-0.25, -0.2) is 4.68 Å². The normalized spacial score (nSPS) is 17.9. The van der Waals surface area contributed by atoms with Gasteiger partial charge in [0, 0.05) is 43.3 Å². The van der Waals surface area contributed by atoms with Crippen molar-refractivity contribution >= 4 is 5.97 Å². The van der Waals surface area contributed by atoms with Gasteiger partial charge in [0.1, 0.15) is 6.54 Å². The molecule has 1 atom stereocenters. The van der Waals surface area contributed by atoms with Gasteiger partial charge in [-0.1, -0.05) is 12.1 Å². The summed E-state index contributed by atoms with van der Waals surface area (Å²) in [5.41, 5.74) is 3.35. The first-order valence-corrected chi connectivity index (χ1v) is 9.24. The number of aromatic nitrogens is 4. The Labute approximate surface area is 157 Å². The average molecular weight is 365 g/mol. The standard InChI is InChI=1S/C20H23N5O2/c26-20(27)15-25-19(8-10-22-25)17-3-1-11-23(14-17)13-16-4-6-18(7-5-16)24-12-2-9-21-24/h2,4-10,12,17H,1,3,11,13-15H2,(H,26,27)/t17-/m1/s1. The highest BCUT2D eigenvalue weighted by Gasteiger charge is 2.24. The molecule has 0 aliphatic carbocycles. The molecule has 3 aromatic rings. The second kappa shape index (κ2) is 7.75. The zero-order valence-corrected chi connectivity index (χ0v) is 15.1. The van der Waals surface area contributed by atoms with E-state index >= 15 is 0 Å². The van der Waals surface area contributed by atoms with Crippen LogP contribution in [0, 0.1) is 0 Å². The zero-order valence-electron chi connectivity index (χ0n) is 15.1. The summed E-state index contributed by atoms with van der Waals surface area (Å²) in [7, 11) is 0. The first kappa shape index (κ1) is 17.5. The molecule has 1 aromatic carbocycles. The summed E-state index contributed by atoms with van der Waals surface area (Å²) in [5, 5.41) is 17.5. The summed E-state index contributed by atoms with van der Waals surface area (Å²) in [4.78, 5) is 13.5. The summed E-state index contributed by atoms with van der Waals surface area (Å²) < 4.78 is 3.47. The molecule has 7 nitrogen and oxygen atoms in total. The Balaban J connectivity index is 1.41. The van der Waals surface area contributed by atoms with Crippen molar-refractivity contribution in [2.45, 2.75) is 31.8 Å². The summed E-state index contributed by atoms with van der Waals surface area (Å²) in [6, 6.07) is 12.3. The van der Waals surface area contributed by atoms with E-state index in [1.54, 1.807) is 17.1 Å². The Morgan fingerprint density at radius 1 is 1.15 bits per heavy atom. The van der Waals surface area contributed by atoms with Crippen LogP contribution in [0.4, 0.5) is 0 Å². The van der Waals surface area contributed by atoms with Gasteiger partial charge < -0.3 is 5.11 Å². The molecule has 0 saturated carbocycles. The largest absolute Gasteiger partial charge is 0.480 e. The number of carboxylic acid groups (broad SMARTS) is 1. The van der Waals surface area contributed by atoms with E-state index in [0.29, 0.717) is 5.92 Å². The van der Waals surface area contributed by atoms with Crippen LogP contribution in [0.15, 0.2) is 55.0 Å². The van der Waals surface area contributed by atoms with E-state index in [9.17, 15) is 4.79 Å². The highest BCUT2D eigenvalue weighted by atomic mass is 16.4. The number of nitrogens with zero attached hydrogens (tertiary/aromatic N) is 5. The topological polar surface area (TPSA) is 76.2 Å². The third-order valence-corrected chi connectivity index (χ3v) is 5.07. The summed E-state index contributed by atoms with van der Waals surface area (Å²) in [6.45, 7) is 2.80. The predicted octanol–water partition coefficient (Wildman–Crippen LogP) is 2.53. The van der Waals surface area contributed by atoms with Crippen molar-refractivity contribution < 1.29 is 9.90 Å². The molecular weight excluding hydrogens is 342 g/mol. The highest BCUT2D eigenvalue weighted by molar-refractivity contribution is 5.66. The number of benzene rings is 1. The lowest BCUT2D eigenvalue weighted by Gasteiger charge is -2.33. The molecule has 0 bridgehead atoms. The van der Waals surface area contributed by atoms with Gasteiger partial charge in [-0.2, -0.15) is 10.2 Å². The quantitative estimate of drug-likeness (QED) is 0.726. The van der Waals surface area contributed by atoms with Crippen molar-refractivity contribution in [2.24, 2.45) is 0 Å². The molecule has 0 amide bonds. The average Bonchev–Trinajstić information content (AvgIpc) is 3.34. The molecule has 4 rings (SSSR count). The van der Waals surface area contributed by atoms with Gasteiger partial charge in [0.2, 0.25) is 0 Å². The van der Waals surface area contributed by atoms with E-state index in [2.05, 4.69) is 39.4 Å². The summed E-state index contributed by atoms with van der Waals surface area (Å²) in [6.07, 6.45) is 7.58. The minimum Gasteiger partial charge on any atom is -0.480 e. The monoisotopic (exact) mass is 365 g/mol. The number of rotatable bonds is 6. The summed E-state index contributed by atoms with van der Waals surface area (Å²) in [5.74, 6) is -0.533. The number of hydrogen-bond donors (Lipinski definition) is 1. The predicted molar refractivity (Wildman–Crippen MR) is 101 cm³/mol. The van der Waals surface area contributed by atoms with Crippen LogP contribution in [-0.2, 0) is 17.9 Å². The van der Waals surface area contributed by atoms with E-state index in [4.69, 9.17) is 5.11 Å². The fourth-order valence-corrected chi connectivity index (χ4v) is 3.82. The number of hydrogen-bond acceptors (Lipinski definition) is 4. The Bertz CT molecular complexity index is 886. The van der Waals surface area contributed by atoms with Crippen LogP contribution in [-0.4, -0.2) is 48.6 Å². The minimum atomic E-state index is -0.857. The van der Waals surface area contributed by atoms with E-state index in [1.807, 2.05) is 23.0 Å². The van der Waals surface area contributed by atoms with Crippen molar-refractivity contribution in [1.29, 1.82) is 0 Å². The fourth-order valence-electron chi connectivity index (χ4n) is 3.82. The first-order chi connectivity index (χ1) is 13.2. The smallest absolute Gasteiger partial charge is 0.325 e. The van der Waals surface area contributed by atoms with Gasteiger partial charge in [0.25, 0.3) is 0 Å². The molecular formula is C20H23N5O2. The Hall–Kier alpha value is -2.93. The van der Waals surface area contributed by atoms with Gasteiger partial charge in [0.15, 0.2) is 0 Å². The third kappa shape index (κ3) is 4.09. The number of aliphatic carboxylic acids is 1. The Kier molecular flexibility index (Phi) is 5.02. The second-order valence-electron chi connectivity index (χ2n) is 7.00. The maximum absolute atomic E-state index is 11.0. The molecule has 3 heterocycles. The molecule has 1 N–H and O–H groups in total. The number of piperidine rings is 1. The lowest BCUT2D eigenvalue weighted by atomic mass is 9.94. The molecule has 0 unspecified atom stereocenters. The van der Waals surface area contributed by atoms with Crippen LogP contribution in [0.2, 0.25) is 0 Å².